The van der Waals surface area contributed by atoms with Crippen LogP contribution in [0.1, 0.15) is 279 Å². The molecule has 0 aromatic heterocycles. The molecule has 0 aromatic carbocycles. The monoisotopic (exact) mass is 1240 g/mol. The van der Waals surface area contributed by atoms with Gasteiger partial charge in [-0.3, -0.25) is 14.4 Å². The fraction of sp³-hybridized carbons (Fsp3) is 0.956. The third-order valence-corrected chi connectivity index (χ3v) is 19.4. The normalized spacial score (nSPS) is 23.5. The lowest BCUT2D eigenvalue weighted by molar-refractivity contribution is -0.261. The number of hydrogen-bond donors (Lipinski definition) is 4. The van der Waals surface area contributed by atoms with Gasteiger partial charge >= 0.3 is 17.9 Å². The summed E-state index contributed by atoms with van der Waals surface area (Å²) in [6.07, 6.45) is 14.8. The highest BCUT2D eigenvalue weighted by Crippen LogP contribution is 2.43. The molecule has 0 bridgehead atoms. The third kappa shape index (κ3) is 22.3. The topological polar surface area (TPSA) is 219 Å². The van der Waals surface area contributed by atoms with Gasteiger partial charge in [-0.05, 0) is 194 Å². The van der Waals surface area contributed by atoms with Crippen LogP contribution in [0.25, 0.3) is 0 Å². The fourth-order valence-electron chi connectivity index (χ4n) is 15.1. The van der Waals surface area contributed by atoms with Crippen molar-refractivity contribution in [3.63, 3.8) is 0 Å². The molecule has 0 aromatic rings. The van der Waals surface area contributed by atoms with Gasteiger partial charge in [0.05, 0.1) is 76.1 Å². The smallest absolute Gasteiger partial charge is 0.323 e. The highest BCUT2D eigenvalue weighted by molar-refractivity contribution is 6.00. The Hall–Kier alpha value is -2.11. The van der Waals surface area contributed by atoms with Crippen LogP contribution in [0.5, 0.6) is 0 Å². The van der Waals surface area contributed by atoms with E-state index >= 15 is 0 Å². The highest BCUT2D eigenvalue weighted by Gasteiger charge is 2.51. The van der Waals surface area contributed by atoms with Crippen molar-refractivity contribution in [1.82, 2.24) is 20.3 Å². The zero-order chi connectivity index (χ0) is 65.3. The first-order valence-corrected chi connectivity index (χ1v) is 33.9. The van der Waals surface area contributed by atoms with Gasteiger partial charge in [0.1, 0.15) is 0 Å². The first-order chi connectivity index (χ1) is 40.4. The minimum Gasteiger partial charge on any atom is -0.465 e. The van der Waals surface area contributed by atoms with Crippen LogP contribution < -0.4 is 0 Å². The number of rotatable bonds is 38. The number of esters is 3. The highest BCUT2D eigenvalue weighted by atomic mass is 16.6. The fourth-order valence-corrected chi connectivity index (χ4v) is 15.1. The first-order valence-electron chi connectivity index (χ1n) is 33.9. The molecule has 4 aliphatic heterocycles. The molecule has 19 heteroatoms. The van der Waals surface area contributed by atoms with Crippen molar-refractivity contribution in [2.24, 2.45) is 10.8 Å². The van der Waals surface area contributed by atoms with E-state index in [4.69, 9.17) is 37.9 Å². The number of unbranched alkanes of at least 4 members (excludes halogenated alkanes) is 5. The summed E-state index contributed by atoms with van der Waals surface area (Å²) in [5, 5.41) is 49.1. The predicted molar refractivity (Wildman–Crippen MR) is 337 cm³/mol. The van der Waals surface area contributed by atoms with E-state index in [2.05, 4.69) is 6.92 Å². The molecule has 87 heavy (non-hydrogen) atoms. The van der Waals surface area contributed by atoms with Crippen molar-refractivity contribution in [3.05, 3.63) is 0 Å². The Morgan fingerprint density at radius 2 is 0.598 bits per heavy atom. The van der Waals surface area contributed by atoms with Crippen LogP contribution in [-0.2, 0) is 52.3 Å². The average Bonchev–Trinajstić information content (AvgIpc) is 2.51. The molecule has 0 aliphatic carbocycles. The van der Waals surface area contributed by atoms with Gasteiger partial charge in [0, 0.05) is 76.8 Å². The van der Waals surface area contributed by atoms with Gasteiger partial charge < -0.3 is 58.7 Å². The van der Waals surface area contributed by atoms with Crippen LogP contribution in [0.3, 0.4) is 0 Å². The van der Waals surface area contributed by atoms with Crippen molar-refractivity contribution in [2.75, 3.05) is 59.5 Å². The average molecular weight is 1240 g/mol. The zero-order valence-corrected chi connectivity index (χ0v) is 58.2. The maximum atomic E-state index is 14.6. The van der Waals surface area contributed by atoms with Crippen molar-refractivity contribution in [2.45, 2.75) is 347 Å². The van der Waals surface area contributed by atoms with Gasteiger partial charge in [-0.15, -0.1) is 0 Å². The van der Waals surface area contributed by atoms with Gasteiger partial charge in [-0.25, -0.2) is 0 Å². The Morgan fingerprint density at radius 3 is 0.908 bits per heavy atom. The van der Waals surface area contributed by atoms with Gasteiger partial charge in [-0.2, -0.15) is 20.3 Å². The number of hydrogen-bond acceptors (Lipinski definition) is 19. The van der Waals surface area contributed by atoms with Crippen molar-refractivity contribution >= 4 is 17.9 Å². The van der Waals surface area contributed by atoms with Crippen LogP contribution in [-0.4, -0.2) is 187 Å². The Balaban J connectivity index is 1.44. The summed E-state index contributed by atoms with van der Waals surface area (Å²) in [6.45, 7) is 39.0. The number of nitrogens with zero attached hydrogens (tertiary/aromatic N) is 4. The SMILES string of the molecule is CCCCC(CCCCCCC(CCCC)(C(=O)OCCCOC1CC(C)(C)N(O)C(C)(C)C1)C(=O)OCCCOC1CC(C)(C)N(O)C(C)(C)C1)(COCCCOC1CC(C)(C)N(O)C(C)(C)C1)C(=O)OCCCOC1CC(C)(C)N(O)C(C)(C)C1. The molecule has 4 heterocycles. The molecule has 510 valence electrons. The van der Waals surface area contributed by atoms with E-state index in [1.807, 2.05) is 118 Å². The van der Waals surface area contributed by atoms with Crippen molar-refractivity contribution in [3.8, 4) is 0 Å². The third-order valence-electron chi connectivity index (χ3n) is 19.4. The summed E-state index contributed by atoms with van der Waals surface area (Å²) in [5.41, 5.74) is -5.97. The second-order valence-electron chi connectivity index (χ2n) is 31.7. The van der Waals surface area contributed by atoms with Crippen LogP contribution in [0.2, 0.25) is 0 Å². The molecular weight excluding hydrogens is 1110 g/mol. The van der Waals surface area contributed by atoms with Gasteiger partial charge in [0.15, 0.2) is 5.41 Å². The predicted octanol–water partition coefficient (Wildman–Crippen LogP) is 13.6. The number of piperidine rings is 4. The lowest BCUT2D eigenvalue weighted by Crippen LogP contribution is -2.60. The molecule has 0 saturated carbocycles. The first kappa shape index (κ1) is 77.3. The van der Waals surface area contributed by atoms with E-state index in [-0.39, 0.29) is 69.7 Å². The molecule has 0 spiro atoms. The van der Waals surface area contributed by atoms with E-state index in [0.717, 1.165) is 25.7 Å². The molecule has 4 saturated heterocycles. The van der Waals surface area contributed by atoms with Gasteiger partial charge in [-0.1, -0.05) is 65.2 Å². The maximum absolute atomic E-state index is 14.6. The lowest BCUT2D eigenvalue weighted by atomic mass is 9.77. The molecule has 4 N–H and O–H groups in total. The zero-order valence-electron chi connectivity index (χ0n) is 58.2. The van der Waals surface area contributed by atoms with Crippen LogP contribution in [0.4, 0.5) is 0 Å². The summed E-state index contributed by atoms with van der Waals surface area (Å²) in [4.78, 5) is 43.8. The molecular formula is C68H128N4O15. The number of ether oxygens (including phenoxy) is 8. The Morgan fingerprint density at radius 1 is 0.345 bits per heavy atom. The minimum absolute atomic E-state index is 0.00263. The Bertz CT molecular complexity index is 1950. The Kier molecular flexibility index (Phi) is 29.5. The second kappa shape index (κ2) is 33.1. The summed E-state index contributed by atoms with van der Waals surface area (Å²) >= 11 is 0. The Labute approximate surface area is 527 Å². The molecule has 4 rings (SSSR count). The molecule has 4 aliphatic rings. The van der Waals surface area contributed by atoms with E-state index < -0.39 is 67.1 Å². The number of hydroxylamine groups is 8. The second-order valence-corrected chi connectivity index (χ2v) is 31.7. The summed E-state index contributed by atoms with van der Waals surface area (Å²) in [7, 11) is 0. The van der Waals surface area contributed by atoms with Gasteiger partial charge in [0.2, 0.25) is 0 Å². The van der Waals surface area contributed by atoms with Crippen LogP contribution >= 0.6 is 0 Å². The largest absolute Gasteiger partial charge is 0.465 e. The summed E-state index contributed by atoms with van der Waals surface area (Å²) in [5.74, 6) is -1.42. The maximum Gasteiger partial charge on any atom is 0.323 e. The number of carbonyl (C=O) groups is 3. The summed E-state index contributed by atoms with van der Waals surface area (Å²) in [6, 6.07) is 0. The van der Waals surface area contributed by atoms with Crippen molar-refractivity contribution in [1.29, 1.82) is 0 Å². The molecule has 4 fully saturated rings. The van der Waals surface area contributed by atoms with Gasteiger partial charge in [0.25, 0.3) is 0 Å². The standard InChI is InChI=1S/C68H128N4O15/c1-19-21-31-67(51-80-35-27-36-81-52-43-59(3,4)69(76)60(5,6)44-52,56(73)85-40-28-37-82-53-45-61(7,8)70(77)62(9,10)46-53)32-25-23-24-26-34-68(33-22-20-2,57(74)86-41-29-38-83-54-47-63(11,12)71(78)64(13,14)48-54)58(75)87-42-30-39-84-55-49-65(15,16)72(79)66(17,18)50-55/h52-55,76-79H,19-51H2,1-18H3. The van der Waals surface area contributed by atoms with E-state index in [0.29, 0.717) is 149 Å². The summed E-state index contributed by atoms with van der Waals surface area (Å²) < 4.78 is 50.1. The minimum atomic E-state index is -1.51. The van der Waals surface area contributed by atoms with E-state index in [1.54, 1.807) is 0 Å². The molecule has 19 nitrogen and oxygen atoms in total. The molecule has 0 amide bonds. The van der Waals surface area contributed by atoms with Crippen LogP contribution in [0.15, 0.2) is 0 Å². The van der Waals surface area contributed by atoms with Crippen molar-refractivity contribution < 1.29 is 73.1 Å². The van der Waals surface area contributed by atoms with E-state index in [1.165, 1.54) is 20.3 Å². The molecule has 1 unspecified atom stereocenters. The lowest BCUT2D eigenvalue weighted by Gasteiger charge is -2.51. The number of carbonyl (C=O) groups excluding carboxylic acids is 3. The van der Waals surface area contributed by atoms with E-state index in [9.17, 15) is 35.2 Å². The molecule has 0 radical (unpaired) electrons. The molecule has 1 atom stereocenters. The van der Waals surface area contributed by atoms with Crippen LogP contribution in [0, 0.1) is 10.8 Å². The quantitative estimate of drug-likeness (QED) is 0.0195.